The van der Waals surface area contributed by atoms with Crippen molar-refractivity contribution >= 4 is 11.6 Å². The van der Waals surface area contributed by atoms with Crippen molar-refractivity contribution in [3.63, 3.8) is 0 Å². The highest BCUT2D eigenvalue weighted by atomic mass is 15.3. The summed E-state index contributed by atoms with van der Waals surface area (Å²) in [6, 6.07) is 2.41. The van der Waals surface area contributed by atoms with Gasteiger partial charge in [0.05, 0.1) is 0 Å². The number of hydrogen-bond acceptors (Lipinski definition) is 6. The van der Waals surface area contributed by atoms with Crippen LogP contribution in [0.1, 0.15) is 38.4 Å². The van der Waals surface area contributed by atoms with Crippen LogP contribution in [0.25, 0.3) is 0 Å². The molecular weight excluding hydrogens is 252 g/mol. The fourth-order valence-corrected chi connectivity index (χ4v) is 2.61. The molecule has 112 valence electrons. The van der Waals surface area contributed by atoms with E-state index in [1.165, 1.54) is 19.4 Å². The minimum absolute atomic E-state index is 0.282. The van der Waals surface area contributed by atoms with Crippen LogP contribution in [0.5, 0.6) is 0 Å². The monoisotopic (exact) mass is 278 g/mol. The number of likely N-dealkylation sites (N-methyl/N-ethyl adjacent to an activating group) is 2. The van der Waals surface area contributed by atoms with Crippen LogP contribution < -0.4 is 16.2 Å². The highest BCUT2D eigenvalue weighted by Gasteiger charge is 2.23. The number of nitrogen functional groups attached to an aromatic ring is 1. The molecule has 1 aliphatic heterocycles. The maximum atomic E-state index is 5.52. The third-order valence-electron chi connectivity index (χ3n) is 3.90. The van der Waals surface area contributed by atoms with Gasteiger partial charge in [-0.2, -0.15) is 0 Å². The van der Waals surface area contributed by atoms with Crippen LogP contribution in [0.4, 0.5) is 11.6 Å². The fraction of sp³-hybridized carbons (Fsp3) is 0.714. The molecule has 0 aliphatic carbocycles. The van der Waals surface area contributed by atoms with E-state index in [4.69, 9.17) is 5.84 Å². The molecule has 2 heterocycles. The van der Waals surface area contributed by atoms with Gasteiger partial charge in [0.15, 0.2) is 0 Å². The van der Waals surface area contributed by atoms with Crippen molar-refractivity contribution in [2.45, 2.75) is 38.6 Å². The first-order valence-electron chi connectivity index (χ1n) is 7.28. The average molecular weight is 278 g/mol. The second-order valence-electron chi connectivity index (χ2n) is 5.94. The van der Waals surface area contributed by atoms with Gasteiger partial charge in [-0.3, -0.25) is 0 Å². The minimum Gasteiger partial charge on any atom is -0.355 e. The predicted molar refractivity (Wildman–Crippen MR) is 82.9 cm³/mol. The molecule has 0 spiro atoms. The summed E-state index contributed by atoms with van der Waals surface area (Å²) in [5.74, 6) is 8.25. The summed E-state index contributed by atoms with van der Waals surface area (Å²) in [5.41, 5.74) is 2.64. The van der Waals surface area contributed by atoms with Gasteiger partial charge in [-0.1, -0.05) is 13.8 Å². The largest absolute Gasteiger partial charge is 0.355 e. The van der Waals surface area contributed by atoms with Gasteiger partial charge in [-0.25, -0.2) is 15.8 Å². The third kappa shape index (κ3) is 3.37. The normalized spacial score (nSPS) is 20.2. The van der Waals surface area contributed by atoms with Gasteiger partial charge < -0.3 is 15.2 Å². The Labute approximate surface area is 121 Å². The first kappa shape index (κ1) is 15.0. The van der Waals surface area contributed by atoms with E-state index in [0.717, 1.165) is 18.2 Å². The lowest BCUT2D eigenvalue weighted by atomic mass is 10.1. The standard InChI is InChI=1S/C14H26N6/c1-10(2)14-16-12(18-15)8-13(17-14)20(4)11-6-5-7-19(3)9-11/h8,10-11H,5-7,9,15H2,1-4H3,(H,16,17,18). The van der Waals surface area contributed by atoms with E-state index in [2.05, 4.69) is 53.1 Å². The molecule has 1 unspecified atom stereocenters. The number of hydrogen-bond donors (Lipinski definition) is 2. The van der Waals surface area contributed by atoms with Crippen LogP contribution in [0.3, 0.4) is 0 Å². The third-order valence-corrected chi connectivity index (χ3v) is 3.90. The lowest BCUT2D eigenvalue weighted by Gasteiger charge is -2.36. The quantitative estimate of drug-likeness (QED) is 0.641. The number of nitrogens with one attached hydrogen (secondary N) is 1. The molecule has 1 aromatic rings. The van der Waals surface area contributed by atoms with Crippen LogP contribution in [0, 0.1) is 0 Å². The highest BCUT2D eigenvalue weighted by molar-refractivity contribution is 5.49. The first-order valence-corrected chi connectivity index (χ1v) is 7.28. The lowest BCUT2D eigenvalue weighted by molar-refractivity contribution is 0.247. The second kappa shape index (κ2) is 6.37. The zero-order valence-electron chi connectivity index (χ0n) is 12.9. The predicted octanol–water partition coefficient (Wildman–Crippen LogP) is 1.42. The van der Waals surface area contributed by atoms with Gasteiger partial charge in [0.1, 0.15) is 17.5 Å². The van der Waals surface area contributed by atoms with Crippen molar-refractivity contribution in [3.8, 4) is 0 Å². The van der Waals surface area contributed by atoms with Crippen LogP contribution in [0.2, 0.25) is 0 Å². The molecule has 6 heteroatoms. The summed E-state index contributed by atoms with van der Waals surface area (Å²) >= 11 is 0. The molecule has 3 N–H and O–H groups in total. The second-order valence-corrected chi connectivity index (χ2v) is 5.94. The van der Waals surface area contributed by atoms with Crippen molar-refractivity contribution in [1.82, 2.24) is 14.9 Å². The molecule has 1 atom stereocenters. The van der Waals surface area contributed by atoms with Crippen LogP contribution in [-0.4, -0.2) is 48.1 Å². The topological polar surface area (TPSA) is 70.3 Å². The number of aromatic nitrogens is 2. The molecule has 1 aromatic heterocycles. The van der Waals surface area contributed by atoms with E-state index in [1.54, 1.807) is 0 Å². The van der Waals surface area contributed by atoms with E-state index in [0.29, 0.717) is 11.9 Å². The summed E-state index contributed by atoms with van der Waals surface area (Å²) < 4.78 is 0. The highest BCUT2D eigenvalue weighted by Crippen LogP contribution is 2.23. The number of hydrazine groups is 1. The van der Waals surface area contributed by atoms with Crippen LogP contribution >= 0.6 is 0 Å². The summed E-state index contributed by atoms with van der Waals surface area (Å²) in [4.78, 5) is 13.7. The zero-order valence-corrected chi connectivity index (χ0v) is 12.9. The first-order chi connectivity index (χ1) is 9.51. The zero-order chi connectivity index (χ0) is 14.7. The molecule has 20 heavy (non-hydrogen) atoms. The van der Waals surface area contributed by atoms with Gasteiger partial charge in [0.25, 0.3) is 0 Å². The Balaban J connectivity index is 2.23. The molecular formula is C14H26N6. The Kier molecular flexibility index (Phi) is 4.77. The molecule has 1 aliphatic rings. The number of piperidine rings is 1. The van der Waals surface area contributed by atoms with Crippen LogP contribution in [0.15, 0.2) is 6.07 Å². The summed E-state index contributed by atoms with van der Waals surface area (Å²) in [7, 11) is 4.28. The Hall–Kier alpha value is -1.40. The smallest absolute Gasteiger partial charge is 0.145 e. The maximum absolute atomic E-state index is 5.52. The number of nitrogens with zero attached hydrogens (tertiary/aromatic N) is 4. The van der Waals surface area contributed by atoms with Crippen LogP contribution in [-0.2, 0) is 0 Å². The maximum Gasteiger partial charge on any atom is 0.145 e. The van der Waals surface area contributed by atoms with Crippen molar-refractivity contribution < 1.29 is 0 Å². The number of anilines is 2. The molecule has 6 nitrogen and oxygen atoms in total. The number of likely N-dealkylation sites (tertiary alicyclic amines) is 1. The lowest BCUT2D eigenvalue weighted by Crippen LogP contribution is -2.45. The van der Waals surface area contributed by atoms with Crippen molar-refractivity contribution in [2.75, 3.05) is 37.5 Å². The molecule has 0 radical (unpaired) electrons. The van der Waals surface area contributed by atoms with Crippen molar-refractivity contribution in [3.05, 3.63) is 11.9 Å². The molecule has 0 amide bonds. The SMILES string of the molecule is CC(C)c1nc(NN)cc(N(C)C2CCCN(C)C2)n1. The van der Waals surface area contributed by atoms with Gasteiger partial charge >= 0.3 is 0 Å². The van der Waals surface area contributed by atoms with E-state index in [-0.39, 0.29) is 5.92 Å². The van der Waals surface area contributed by atoms with Gasteiger partial charge in [-0.05, 0) is 26.4 Å². The molecule has 1 fully saturated rings. The Morgan fingerprint density at radius 1 is 1.45 bits per heavy atom. The van der Waals surface area contributed by atoms with E-state index >= 15 is 0 Å². The molecule has 0 aromatic carbocycles. The van der Waals surface area contributed by atoms with E-state index in [1.807, 2.05) is 6.07 Å². The molecule has 0 saturated carbocycles. The minimum atomic E-state index is 0.282. The summed E-state index contributed by atoms with van der Waals surface area (Å²) in [6.45, 7) is 6.44. The summed E-state index contributed by atoms with van der Waals surface area (Å²) in [5, 5.41) is 0. The summed E-state index contributed by atoms with van der Waals surface area (Å²) in [6.07, 6.45) is 2.43. The number of rotatable bonds is 4. The number of nitrogens with two attached hydrogens (primary N) is 1. The van der Waals surface area contributed by atoms with Gasteiger partial charge in [0, 0.05) is 31.6 Å². The Bertz CT molecular complexity index is 447. The van der Waals surface area contributed by atoms with Crippen molar-refractivity contribution in [1.29, 1.82) is 0 Å². The molecule has 1 saturated heterocycles. The van der Waals surface area contributed by atoms with E-state index < -0.39 is 0 Å². The van der Waals surface area contributed by atoms with Gasteiger partial charge in [-0.15, -0.1) is 0 Å². The molecule has 2 rings (SSSR count). The Morgan fingerprint density at radius 2 is 2.20 bits per heavy atom. The average Bonchev–Trinajstić information content (AvgIpc) is 2.45. The Morgan fingerprint density at radius 3 is 2.80 bits per heavy atom. The van der Waals surface area contributed by atoms with Gasteiger partial charge in [0.2, 0.25) is 0 Å². The van der Waals surface area contributed by atoms with E-state index in [9.17, 15) is 0 Å². The fourth-order valence-electron chi connectivity index (χ4n) is 2.61. The van der Waals surface area contributed by atoms with Crippen molar-refractivity contribution in [2.24, 2.45) is 5.84 Å². The molecule has 0 bridgehead atoms.